The fourth-order valence-electron chi connectivity index (χ4n) is 2.70. The number of hydrogen-bond acceptors (Lipinski definition) is 5. The lowest BCUT2D eigenvalue weighted by Crippen LogP contribution is -2.25. The van der Waals surface area contributed by atoms with Gasteiger partial charge in [-0.3, -0.25) is 9.59 Å². The lowest BCUT2D eigenvalue weighted by molar-refractivity contribution is 0.0289. The molecule has 0 aliphatic heterocycles. The molecule has 0 radical (unpaired) electrons. The van der Waals surface area contributed by atoms with Crippen molar-refractivity contribution in [2.24, 2.45) is 0 Å². The van der Waals surface area contributed by atoms with Gasteiger partial charge < -0.3 is 9.15 Å². The van der Waals surface area contributed by atoms with E-state index >= 15 is 0 Å². The van der Waals surface area contributed by atoms with Crippen LogP contribution in [-0.4, -0.2) is 17.9 Å². The van der Waals surface area contributed by atoms with Crippen LogP contribution in [0.3, 0.4) is 0 Å². The first-order chi connectivity index (χ1) is 12.4. The summed E-state index contributed by atoms with van der Waals surface area (Å²) in [7, 11) is 0. The number of para-hydroxylation sites is 1. The minimum Gasteiger partial charge on any atom is -0.449 e. The SMILES string of the molecule is Cc1ccc(C)c(C(=O)[C@H](C)OC(=O)c2cc(=O)c3ccccc3o2)c1. The standard InChI is InChI=1S/C21H18O5/c1-12-8-9-13(2)16(10-12)20(23)14(3)25-21(24)19-11-17(22)15-6-4-5-7-18(15)26-19/h4-11,14H,1-3H3/t14-/m0/s1. The predicted octanol–water partition coefficient (Wildman–Crippen LogP) is 3.84. The van der Waals surface area contributed by atoms with Crippen molar-refractivity contribution in [3.05, 3.63) is 81.2 Å². The van der Waals surface area contributed by atoms with Crippen molar-refractivity contribution >= 4 is 22.7 Å². The second kappa shape index (κ2) is 6.96. The van der Waals surface area contributed by atoms with Crippen LogP contribution in [0.4, 0.5) is 0 Å². The van der Waals surface area contributed by atoms with Gasteiger partial charge in [-0.15, -0.1) is 0 Å². The molecule has 1 heterocycles. The van der Waals surface area contributed by atoms with Crippen LogP contribution in [0.5, 0.6) is 0 Å². The average molecular weight is 350 g/mol. The van der Waals surface area contributed by atoms with Gasteiger partial charge in [0.25, 0.3) is 0 Å². The minimum absolute atomic E-state index is 0.227. The zero-order chi connectivity index (χ0) is 18.8. The number of esters is 1. The minimum atomic E-state index is -1.00. The predicted molar refractivity (Wildman–Crippen MR) is 97.6 cm³/mol. The molecule has 1 aromatic heterocycles. The molecule has 0 amide bonds. The molecule has 26 heavy (non-hydrogen) atoms. The highest BCUT2D eigenvalue weighted by Gasteiger charge is 2.23. The molecular formula is C21H18O5. The number of carbonyl (C=O) groups excluding carboxylic acids is 2. The van der Waals surface area contributed by atoms with Gasteiger partial charge in [0.05, 0.1) is 5.39 Å². The van der Waals surface area contributed by atoms with Crippen molar-refractivity contribution in [2.45, 2.75) is 26.9 Å². The largest absolute Gasteiger partial charge is 0.449 e. The van der Waals surface area contributed by atoms with E-state index in [1.165, 1.54) is 6.92 Å². The summed E-state index contributed by atoms with van der Waals surface area (Å²) >= 11 is 0. The van der Waals surface area contributed by atoms with Gasteiger partial charge in [-0.25, -0.2) is 4.79 Å². The smallest absolute Gasteiger partial charge is 0.375 e. The number of carbonyl (C=O) groups is 2. The zero-order valence-corrected chi connectivity index (χ0v) is 14.7. The van der Waals surface area contributed by atoms with E-state index in [4.69, 9.17) is 9.15 Å². The Balaban J connectivity index is 1.84. The van der Waals surface area contributed by atoms with Crippen LogP contribution in [0.15, 0.2) is 57.7 Å². The monoisotopic (exact) mass is 350 g/mol. The second-order valence-electron chi connectivity index (χ2n) is 6.20. The number of ketones is 1. The third-order valence-electron chi connectivity index (χ3n) is 4.15. The van der Waals surface area contributed by atoms with Gasteiger partial charge in [-0.05, 0) is 44.5 Å². The molecule has 5 nitrogen and oxygen atoms in total. The molecular weight excluding hydrogens is 332 g/mol. The van der Waals surface area contributed by atoms with Gasteiger partial charge in [-0.1, -0.05) is 29.8 Å². The molecule has 0 unspecified atom stereocenters. The first-order valence-electron chi connectivity index (χ1n) is 8.22. The lowest BCUT2D eigenvalue weighted by Gasteiger charge is -2.14. The van der Waals surface area contributed by atoms with Crippen molar-refractivity contribution < 1.29 is 18.7 Å². The first kappa shape index (κ1) is 17.6. The van der Waals surface area contributed by atoms with Crippen molar-refractivity contribution in [2.75, 3.05) is 0 Å². The van der Waals surface area contributed by atoms with Crippen LogP contribution >= 0.6 is 0 Å². The van der Waals surface area contributed by atoms with Crippen LogP contribution in [0.1, 0.15) is 39.0 Å². The molecule has 0 aliphatic carbocycles. The van der Waals surface area contributed by atoms with E-state index in [0.717, 1.165) is 17.2 Å². The van der Waals surface area contributed by atoms with Crippen molar-refractivity contribution in [3.63, 3.8) is 0 Å². The number of aryl methyl sites for hydroxylation is 2. The Kier molecular flexibility index (Phi) is 4.71. The maximum Gasteiger partial charge on any atom is 0.375 e. The van der Waals surface area contributed by atoms with E-state index in [0.29, 0.717) is 16.5 Å². The summed E-state index contributed by atoms with van der Waals surface area (Å²) in [4.78, 5) is 37.0. The number of ether oxygens (including phenoxy) is 1. The van der Waals surface area contributed by atoms with E-state index in [-0.39, 0.29) is 17.0 Å². The molecule has 0 bridgehead atoms. The van der Waals surface area contributed by atoms with Gasteiger partial charge in [0.2, 0.25) is 11.5 Å². The molecule has 5 heteroatoms. The number of benzene rings is 2. The topological polar surface area (TPSA) is 73.6 Å². The highest BCUT2D eigenvalue weighted by Crippen LogP contribution is 2.17. The Morgan fingerprint density at radius 1 is 1.04 bits per heavy atom. The molecule has 0 saturated carbocycles. The summed E-state index contributed by atoms with van der Waals surface area (Å²) < 4.78 is 10.7. The Morgan fingerprint density at radius 3 is 2.54 bits per heavy atom. The highest BCUT2D eigenvalue weighted by molar-refractivity contribution is 6.02. The van der Waals surface area contributed by atoms with Crippen molar-refractivity contribution in [1.29, 1.82) is 0 Å². The first-order valence-corrected chi connectivity index (χ1v) is 8.22. The summed E-state index contributed by atoms with van der Waals surface area (Å²) in [6.45, 7) is 5.21. The summed E-state index contributed by atoms with van der Waals surface area (Å²) in [5.74, 6) is -1.38. The van der Waals surface area contributed by atoms with Crippen LogP contribution < -0.4 is 5.43 Å². The third kappa shape index (κ3) is 3.42. The lowest BCUT2D eigenvalue weighted by atomic mass is 9.99. The molecule has 132 valence electrons. The van der Waals surface area contributed by atoms with E-state index in [1.54, 1.807) is 30.3 Å². The van der Waals surface area contributed by atoms with Crippen LogP contribution in [-0.2, 0) is 4.74 Å². The third-order valence-corrected chi connectivity index (χ3v) is 4.15. The van der Waals surface area contributed by atoms with Crippen LogP contribution in [0, 0.1) is 13.8 Å². The second-order valence-corrected chi connectivity index (χ2v) is 6.20. The molecule has 0 aliphatic rings. The van der Waals surface area contributed by atoms with E-state index in [9.17, 15) is 14.4 Å². The number of fused-ring (bicyclic) bond motifs is 1. The molecule has 0 N–H and O–H groups in total. The molecule has 1 atom stereocenters. The van der Waals surface area contributed by atoms with E-state index < -0.39 is 12.1 Å². The molecule has 2 aromatic carbocycles. The van der Waals surface area contributed by atoms with E-state index in [2.05, 4.69) is 0 Å². The van der Waals surface area contributed by atoms with Gasteiger partial charge >= 0.3 is 5.97 Å². The van der Waals surface area contributed by atoms with Crippen LogP contribution in [0.25, 0.3) is 11.0 Å². The van der Waals surface area contributed by atoms with Crippen LogP contribution in [0.2, 0.25) is 0 Å². The summed E-state index contributed by atoms with van der Waals surface area (Å²) in [5.41, 5.74) is 2.21. The molecule has 0 spiro atoms. The number of Topliss-reactive ketones (excluding diaryl/α,β-unsaturated/α-hetero) is 1. The highest BCUT2D eigenvalue weighted by atomic mass is 16.6. The normalized spacial score (nSPS) is 12.0. The molecule has 3 aromatic rings. The average Bonchev–Trinajstić information content (AvgIpc) is 2.63. The Bertz CT molecular complexity index is 1060. The molecule has 0 saturated heterocycles. The fourth-order valence-corrected chi connectivity index (χ4v) is 2.70. The fraction of sp³-hybridized carbons (Fsp3) is 0.190. The number of hydrogen-bond donors (Lipinski definition) is 0. The number of rotatable bonds is 4. The quantitative estimate of drug-likeness (QED) is 0.528. The Hall–Kier alpha value is -3.21. The molecule has 3 rings (SSSR count). The zero-order valence-electron chi connectivity index (χ0n) is 14.7. The molecule has 0 fully saturated rings. The summed E-state index contributed by atoms with van der Waals surface area (Å²) in [5, 5.41) is 0.378. The Morgan fingerprint density at radius 2 is 1.77 bits per heavy atom. The maximum absolute atomic E-state index is 12.6. The summed E-state index contributed by atoms with van der Waals surface area (Å²) in [6, 6.07) is 13.2. The van der Waals surface area contributed by atoms with Crippen molar-refractivity contribution in [1.82, 2.24) is 0 Å². The summed E-state index contributed by atoms with van der Waals surface area (Å²) in [6.07, 6.45) is -1.00. The van der Waals surface area contributed by atoms with Gasteiger partial charge in [0.1, 0.15) is 5.58 Å². The van der Waals surface area contributed by atoms with Gasteiger partial charge in [0, 0.05) is 11.6 Å². The van der Waals surface area contributed by atoms with Gasteiger partial charge in [0.15, 0.2) is 11.5 Å². The van der Waals surface area contributed by atoms with Crippen molar-refractivity contribution in [3.8, 4) is 0 Å². The maximum atomic E-state index is 12.6. The van der Waals surface area contributed by atoms with Gasteiger partial charge in [-0.2, -0.15) is 0 Å². The van der Waals surface area contributed by atoms with E-state index in [1.807, 2.05) is 26.0 Å². The Labute approximate surface area is 150 Å².